The number of amides is 1. The first kappa shape index (κ1) is 14.1. The van der Waals surface area contributed by atoms with Crippen molar-refractivity contribution in [1.82, 2.24) is 5.43 Å². The molecule has 1 aliphatic heterocycles. The van der Waals surface area contributed by atoms with Crippen LogP contribution in [0.25, 0.3) is 0 Å². The number of nitrogen functional groups attached to an aromatic ring is 1. The van der Waals surface area contributed by atoms with Gasteiger partial charge in [-0.1, -0.05) is 25.1 Å². The highest BCUT2D eigenvalue weighted by atomic mass is 32.1. The van der Waals surface area contributed by atoms with Crippen LogP contribution in [0.5, 0.6) is 0 Å². The van der Waals surface area contributed by atoms with Crippen molar-refractivity contribution in [3.8, 4) is 0 Å². The van der Waals surface area contributed by atoms with Crippen LogP contribution in [0.15, 0.2) is 35.7 Å². The van der Waals surface area contributed by atoms with Crippen molar-refractivity contribution in [2.45, 2.75) is 19.9 Å². The Hall–Kier alpha value is -1.85. The van der Waals surface area contributed by atoms with Crippen LogP contribution in [0, 0.1) is 5.92 Å². The number of hydrogen-bond acceptors (Lipinski definition) is 4. The van der Waals surface area contributed by atoms with E-state index in [4.69, 9.17) is 5.84 Å². The number of benzene rings is 1. The summed E-state index contributed by atoms with van der Waals surface area (Å²) in [6.07, 6.45) is 1.12. The largest absolute Gasteiger partial charge is 0.367 e. The van der Waals surface area contributed by atoms with Gasteiger partial charge in [0.15, 0.2) is 0 Å². The molecule has 4 nitrogen and oxygen atoms in total. The number of thiophene rings is 1. The summed E-state index contributed by atoms with van der Waals surface area (Å²) in [5, 5.41) is 1.94. The molecule has 1 unspecified atom stereocenters. The molecule has 3 rings (SSSR count). The van der Waals surface area contributed by atoms with Crippen LogP contribution < -0.4 is 16.2 Å². The van der Waals surface area contributed by atoms with E-state index in [1.54, 1.807) is 0 Å². The Morgan fingerprint density at radius 3 is 3.05 bits per heavy atom. The van der Waals surface area contributed by atoms with Crippen LogP contribution in [0.4, 0.5) is 5.69 Å². The molecule has 0 aliphatic carbocycles. The van der Waals surface area contributed by atoms with E-state index >= 15 is 0 Å². The molecule has 110 valence electrons. The zero-order valence-corrected chi connectivity index (χ0v) is 12.8. The second-order valence-corrected chi connectivity index (χ2v) is 6.48. The molecular formula is C16H19N3OS. The quantitative estimate of drug-likeness (QED) is 0.520. The number of anilines is 1. The molecule has 0 fully saturated rings. The normalized spacial score (nSPS) is 17.4. The van der Waals surface area contributed by atoms with Gasteiger partial charge in [-0.25, -0.2) is 5.84 Å². The Kier molecular flexibility index (Phi) is 3.94. The van der Waals surface area contributed by atoms with E-state index in [1.807, 2.05) is 11.4 Å². The first-order valence-corrected chi connectivity index (χ1v) is 7.97. The molecule has 0 bridgehead atoms. The number of carbonyl (C=O) groups excluding carboxylic acids is 1. The minimum atomic E-state index is -0.210. The molecule has 0 saturated heterocycles. The smallest absolute Gasteiger partial charge is 0.275 e. The lowest BCUT2D eigenvalue weighted by atomic mass is 9.93. The Labute approximate surface area is 128 Å². The van der Waals surface area contributed by atoms with Crippen LogP contribution >= 0.6 is 11.3 Å². The fourth-order valence-corrected chi connectivity index (χ4v) is 3.81. The van der Waals surface area contributed by atoms with Crippen molar-refractivity contribution in [2.75, 3.05) is 11.4 Å². The van der Waals surface area contributed by atoms with Crippen LogP contribution in [-0.2, 0) is 13.0 Å². The lowest BCUT2D eigenvalue weighted by Crippen LogP contribution is -2.35. The second-order valence-electron chi connectivity index (χ2n) is 5.57. The van der Waals surface area contributed by atoms with Crippen molar-refractivity contribution in [2.24, 2.45) is 11.8 Å². The predicted octanol–water partition coefficient (Wildman–Crippen LogP) is 2.55. The standard InChI is InChI=1S/C16H19N3OS/c1-11-8-12-4-2-3-5-14(12)19(9-11)10-13-6-7-21-15(13)16(20)18-17/h2-7,11H,8-10,17H2,1H3,(H,18,20). The monoisotopic (exact) mass is 301 g/mol. The van der Waals surface area contributed by atoms with Gasteiger partial charge >= 0.3 is 0 Å². The number of rotatable bonds is 3. The SMILES string of the molecule is CC1Cc2ccccc2N(Cc2ccsc2C(=O)NN)C1. The van der Waals surface area contributed by atoms with Crippen LogP contribution in [-0.4, -0.2) is 12.5 Å². The number of hydrogen-bond donors (Lipinski definition) is 2. The highest BCUT2D eigenvalue weighted by Gasteiger charge is 2.23. The molecule has 1 amide bonds. The van der Waals surface area contributed by atoms with E-state index in [1.165, 1.54) is 22.6 Å². The van der Waals surface area contributed by atoms with E-state index in [2.05, 4.69) is 41.5 Å². The average Bonchev–Trinajstić information content (AvgIpc) is 2.94. The summed E-state index contributed by atoms with van der Waals surface area (Å²) >= 11 is 1.43. The van der Waals surface area contributed by atoms with E-state index < -0.39 is 0 Å². The van der Waals surface area contributed by atoms with Crippen molar-refractivity contribution < 1.29 is 4.79 Å². The second kappa shape index (κ2) is 5.87. The van der Waals surface area contributed by atoms with Gasteiger partial charge in [0.1, 0.15) is 0 Å². The molecule has 1 aliphatic rings. The molecule has 0 spiro atoms. The Balaban J connectivity index is 1.89. The van der Waals surface area contributed by atoms with E-state index in [-0.39, 0.29) is 5.91 Å². The van der Waals surface area contributed by atoms with Gasteiger partial charge in [0, 0.05) is 18.8 Å². The molecule has 21 heavy (non-hydrogen) atoms. The Morgan fingerprint density at radius 2 is 2.24 bits per heavy atom. The zero-order chi connectivity index (χ0) is 14.8. The van der Waals surface area contributed by atoms with E-state index in [0.717, 1.165) is 25.1 Å². The topological polar surface area (TPSA) is 58.4 Å². The maximum Gasteiger partial charge on any atom is 0.275 e. The third-order valence-electron chi connectivity index (χ3n) is 3.88. The van der Waals surface area contributed by atoms with Gasteiger partial charge in [0.25, 0.3) is 5.91 Å². The fraction of sp³-hybridized carbons (Fsp3) is 0.312. The summed E-state index contributed by atoms with van der Waals surface area (Å²) in [5.74, 6) is 5.66. The lowest BCUT2D eigenvalue weighted by molar-refractivity contribution is 0.0957. The number of para-hydroxylation sites is 1. The summed E-state index contributed by atoms with van der Waals surface area (Å²) in [4.78, 5) is 14.9. The molecule has 5 heteroatoms. The minimum Gasteiger partial charge on any atom is -0.367 e. The van der Waals surface area contributed by atoms with E-state index in [9.17, 15) is 4.79 Å². The average molecular weight is 301 g/mol. The summed E-state index contributed by atoms with van der Waals surface area (Å²) in [6.45, 7) is 4.02. The van der Waals surface area contributed by atoms with E-state index in [0.29, 0.717) is 10.8 Å². The van der Waals surface area contributed by atoms with Crippen molar-refractivity contribution >= 4 is 22.9 Å². The maximum absolute atomic E-state index is 11.8. The number of nitrogens with one attached hydrogen (secondary N) is 1. The third-order valence-corrected chi connectivity index (χ3v) is 4.83. The van der Waals surface area contributed by atoms with Gasteiger partial charge in [-0.2, -0.15) is 0 Å². The molecule has 1 aromatic heterocycles. The van der Waals surface area contributed by atoms with Crippen molar-refractivity contribution in [1.29, 1.82) is 0 Å². The third kappa shape index (κ3) is 2.80. The van der Waals surface area contributed by atoms with Gasteiger partial charge < -0.3 is 4.90 Å². The molecular weight excluding hydrogens is 282 g/mol. The molecule has 1 atom stereocenters. The molecule has 3 N–H and O–H groups in total. The van der Waals surface area contributed by atoms with Gasteiger partial charge in [-0.15, -0.1) is 11.3 Å². The summed E-state index contributed by atoms with van der Waals surface area (Å²) in [7, 11) is 0. The molecule has 0 radical (unpaired) electrons. The van der Waals surface area contributed by atoms with Gasteiger partial charge in [-0.05, 0) is 41.0 Å². The summed E-state index contributed by atoms with van der Waals surface area (Å²) in [5.41, 5.74) is 5.92. The Morgan fingerprint density at radius 1 is 1.43 bits per heavy atom. The zero-order valence-electron chi connectivity index (χ0n) is 12.0. The molecule has 2 heterocycles. The van der Waals surface area contributed by atoms with Crippen LogP contribution in [0.3, 0.4) is 0 Å². The van der Waals surface area contributed by atoms with Crippen LogP contribution in [0.2, 0.25) is 0 Å². The lowest BCUT2D eigenvalue weighted by Gasteiger charge is -2.35. The van der Waals surface area contributed by atoms with Crippen LogP contribution in [0.1, 0.15) is 27.7 Å². The van der Waals surface area contributed by atoms with Gasteiger partial charge in [0.2, 0.25) is 0 Å². The van der Waals surface area contributed by atoms with Crippen molar-refractivity contribution in [3.63, 3.8) is 0 Å². The number of hydrazine groups is 1. The molecule has 2 aromatic rings. The summed E-state index contributed by atoms with van der Waals surface area (Å²) in [6, 6.07) is 10.5. The highest BCUT2D eigenvalue weighted by Crippen LogP contribution is 2.31. The number of fused-ring (bicyclic) bond motifs is 1. The molecule has 1 aromatic carbocycles. The Bertz CT molecular complexity index is 652. The number of carbonyl (C=O) groups is 1. The highest BCUT2D eigenvalue weighted by molar-refractivity contribution is 7.12. The van der Waals surface area contributed by atoms with Gasteiger partial charge in [0.05, 0.1) is 4.88 Å². The predicted molar refractivity (Wildman–Crippen MR) is 86.3 cm³/mol. The maximum atomic E-state index is 11.8. The van der Waals surface area contributed by atoms with Gasteiger partial charge in [-0.3, -0.25) is 10.2 Å². The summed E-state index contributed by atoms with van der Waals surface area (Å²) < 4.78 is 0. The fourth-order valence-electron chi connectivity index (χ4n) is 2.99. The minimum absolute atomic E-state index is 0.210. The first-order chi connectivity index (χ1) is 10.2. The number of nitrogens with two attached hydrogens (primary N) is 1. The molecule has 0 saturated carbocycles. The number of nitrogens with zero attached hydrogens (tertiary/aromatic N) is 1. The van der Waals surface area contributed by atoms with Crippen molar-refractivity contribution in [3.05, 3.63) is 51.7 Å². The first-order valence-electron chi connectivity index (χ1n) is 7.09.